The van der Waals surface area contributed by atoms with Crippen LogP contribution >= 0.6 is 0 Å². The molecule has 2 atom stereocenters. The zero-order chi connectivity index (χ0) is 20.2. The van der Waals surface area contributed by atoms with E-state index < -0.39 is 12.1 Å². The van der Waals surface area contributed by atoms with E-state index in [0.717, 1.165) is 38.9 Å². The molecule has 3 heterocycles. The predicted molar refractivity (Wildman–Crippen MR) is 91.1 cm³/mol. The number of rotatable bonds is 3. The second kappa shape index (κ2) is 8.20. The monoisotopic (exact) mass is 388 g/mol. The number of carboxylic acid groups (broad SMARTS) is 1. The lowest BCUT2D eigenvalue weighted by Gasteiger charge is -2.53. The molecule has 3 rings (SSSR count). The first kappa shape index (κ1) is 21.1. The Morgan fingerprint density at radius 2 is 1.93 bits per heavy atom. The average Bonchev–Trinajstić information content (AvgIpc) is 2.66. The van der Waals surface area contributed by atoms with Crippen LogP contribution in [0.1, 0.15) is 33.1 Å². The molecule has 27 heavy (non-hydrogen) atoms. The van der Waals surface area contributed by atoms with Gasteiger partial charge in [-0.25, -0.2) is 14.8 Å². The number of nitrogens with zero attached hydrogens (tertiary/aromatic N) is 4. The Bertz CT molecular complexity index is 671. The first-order valence-corrected chi connectivity index (χ1v) is 8.74. The highest BCUT2D eigenvalue weighted by Gasteiger charge is 2.55. The number of hydrogen-bond donors (Lipinski definition) is 1. The van der Waals surface area contributed by atoms with Gasteiger partial charge in [0.05, 0.1) is 5.41 Å². The van der Waals surface area contributed by atoms with E-state index in [0.29, 0.717) is 12.0 Å². The zero-order valence-electron chi connectivity index (χ0n) is 15.2. The Balaban J connectivity index is 0.000000321. The van der Waals surface area contributed by atoms with Gasteiger partial charge in [-0.3, -0.25) is 14.6 Å². The molecular formula is C17H23F3N4O3. The molecule has 2 saturated heterocycles. The van der Waals surface area contributed by atoms with E-state index >= 15 is 0 Å². The zero-order valence-corrected chi connectivity index (χ0v) is 15.2. The molecule has 2 fully saturated rings. The Kier molecular flexibility index (Phi) is 6.40. The summed E-state index contributed by atoms with van der Waals surface area (Å²) >= 11 is 0. The summed E-state index contributed by atoms with van der Waals surface area (Å²) < 4.78 is 31.7. The maximum absolute atomic E-state index is 12.6. The molecule has 150 valence electrons. The number of likely N-dealkylation sites (tertiary alicyclic amines) is 1. The van der Waals surface area contributed by atoms with Crippen LogP contribution in [0.3, 0.4) is 0 Å². The minimum atomic E-state index is -5.08. The van der Waals surface area contributed by atoms with Gasteiger partial charge in [0.15, 0.2) is 0 Å². The van der Waals surface area contributed by atoms with Gasteiger partial charge in [0.2, 0.25) is 11.9 Å². The second-order valence-corrected chi connectivity index (χ2v) is 6.85. The van der Waals surface area contributed by atoms with Crippen LogP contribution in [0.25, 0.3) is 0 Å². The summed E-state index contributed by atoms with van der Waals surface area (Å²) in [5, 5.41) is 7.12. The van der Waals surface area contributed by atoms with Gasteiger partial charge in [-0.1, -0.05) is 6.92 Å². The Morgan fingerprint density at radius 1 is 1.33 bits per heavy atom. The first-order chi connectivity index (χ1) is 12.6. The number of aromatic nitrogens is 2. The van der Waals surface area contributed by atoms with E-state index in [1.807, 2.05) is 0 Å². The largest absolute Gasteiger partial charge is 0.490 e. The number of piperidine rings is 1. The summed E-state index contributed by atoms with van der Waals surface area (Å²) in [6.45, 7) is 7.23. The number of carboxylic acids is 1. The quantitative estimate of drug-likeness (QED) is 0.800. The summed E-state index contributed by atoms with van der Waals surface area (Å²) in [7, 11) is 0. The van der Waals surface area contributed by atoms with Crippen LogP contribution in [-0.2, 0) is 9.59 Å². The lowest BCUT2D eigenvalue weighted by Crippen LogP contribution is -2.68. The summed E-state index contributed by atoms with van der Waals surface area (Å²) in [6, 6.07) is 2.33. The van der Waals surface area contributed by atoms with E-state index in [-0.39, 0.29) is 11.3 Å². The third kappa shape index (κ3) is 4.74. The van der Waals surface area contributed by atoms with E-state index in [1.54, 1.807) is 23.4 Å². The molecule has 10 heteroatoms. The van der Waals surface area contributed by atoms with Crippen LogP contribution < -0.4 is 4.90 Å². The molecule has 1 aromatic rings. The number of carbonyl (C=O) groups is 2. The fourth-order valence-corrected chi connectivity index (χ4v) is 3.33. The molecule has 1 aromatic heterocycles. The molecule has 0 radical (unpaired) electrons. The van der Waals surface area contributed by atoms with Crippen molar-refractivity contribution < 1.29 is 27.9 Å². The highest BCUT2D eigenvalue weighted by atomic mass is 19.4. The van der Waals surface area contributed by atoms with Crippen LogP contribution in [0.2, 0.25) is 0 Å². The number of halogens is 3. The third-order valence-corrected chi connectivity index (χ3v) is 5.02. The summed E-state index contributed by atoms with van der Waals surface area (Å²) in [5.74, 6) is -2.01. The molecule has 0 saturated carbocycles. The number of β-lactam (4-membered cyclic amide) rings is 1. The van der Waals surface area contributed by atoms with Crippen LogP contribution in [0.4, 0.5) is 19.1 Å². The van der Waals surface area contributed by atoms with Crippen molar-refractivity contribution in [1.29, 1.82) is 0 Å². The standard InChI is InChI=1S/C15H22N4O.C2HF3O2/c1-3-12(2)18-9-4-6-15(10-18)11-19(13(15)20)14-16-7-5-8-17-14;3-2(4,5)1(6)7/h5,7-8,12H,3-4,6,9-11H2,1-2H3;(H,6,7). The van der Waals surface area contributed by atoms with Crippen LogP contribution in [0.15, 0.2) is 18.5 Å². The van der Waals surface area contributed by atoms with Gasteiger partial charge in [-0.2, -0.15) is 13.2 Å². The van der Waals surface area contributed by atoms with Crippen molar-refractivity contribution in [1.82, 2.24) is 14.9 Å². The van der Waals surface area contributed by atoms with Crippen molar-refractivity contribution in [3.05, 3.63) is 18.5 Å². The summed E-state index contributed by atoms with van der Waals surface area (Å²) in [5.41, 5.74) is -0.180. The summed E-state index contributed by atoms with van der Waals surface area (Å²) in [6.07, 6.45) is 1.54. The van der Waals surface area contributed by atoms with Gasteiger partial charge in [0.25, 0.3) is 0 Å². The fourth-order valence-electron chi connectivity index (χ4n) is 3.33. The minimum Gasteiger partial charge on any atom is -0.475 e. The van der Waals surface area contributed by atoms with Crippen molar-refractivity contribution in [2.24, 2.45) is 5.41 Å². The normalized spacial score (nSPS) is 24.0. The van der Waals surface area contributed by atoms with Crippen molar-refractivity contribution in [2.75, 3.05) is 24.5 Å². The van der Waals surface area contributed by atoms with Gasteiger partial charge in [0, 0.05) is 31.5 Å². The molecule has 1 amide bonds. The van der Waals surface area contributed by atoms with Gasteiger partial charge in [0.1, 0.15) is 0 Å². The van der Waals surface area contributed by atoms with Crippen molar-refractivity contribution in [3.8, 4) is 0 Å². The topological polar surface area (TPSA) is 86.6 Å². The molecule has 1 spiro atoms. The number of amides is 1. The molecular weight excluding hydrogens is 365 g/mol. The molecule has 1 N–H and O–H groups in total. The molecule has 0 aliphatic carbocycles. The number of hydrogen-bond acceptors (Lipinski definition) is 5. The number of alkyl halides is 3. The molecule has 2 aliphatic rings. The molecule has 0 aromatic carbocycles. The smallest absolute Gasteiger partial charge is 0.475 e. The van der Waals surface area contributed by atoms with Crippen LogP contribution in [-0.4, -0.2) is 63.7 Å². The van der Waals surface area contributed by atoms with Crippen LogP contribution in [0, 0.1) is 5.41 Å². The highest BCUT2D eigenvalue weighted by Crippen LogP contribution is 2.42. The SMILES string of the molecule is CCC(C)N1CCCC2(CN(c3ncccn3)C2=O)C1.O=C(O)C(F)(F)F. The van der Waals surface area contributed by atoms with E-state index in [1.165, 1.54) is 0 Å². The number of anilines is 1. The third-order valence-electron chi connectivity index (χ3n) is 5.02. The Hall–Kier alpha value is -2.23. The van der Waals surface area contributed by atoms with Gasteiger partial charge >= 0.3 is 12.1 Å². The van der Waals surface area contributed by atoms with Crippen molar-refractivity contribution in [3.63, 3.8) is 0 Å². The van der Waals surface area contributed by atoms with Crippen LogP contribution in [0.5, 0.6) is 0 Å². The highest BCUT2D eigenvalue weighted by molar-refractivity contribution is 6.03. The predicted octanol–water partition coefficient (Wildman–Crippen LogP) is 2.34. The Morgan fingerprint density at radius 3 is 2.41 bits per heavy atom. The van der Waals surface area contributed by atoms with Gasteiger partial charge in [-0.15, -0.1) is 0 Å². The second-order valence-electron chi connectivity index (χ2n) is 6.85. The summed E-state index contributed by atoms with van der Waals surface area (Å²) in [4.78, 5) is 34.1. The van der Waals surface area contributed by atoms with Crippen molar-refractivity contribution in [2.45, 2.75) is 45.3 Å². The van der Waals surface area contributed by atoms with Crippen molar-refractivity contribution >= 4 is 17.8 Å². The first-order valence-electron chi connectivity index (χ1n) is 8.74. The molecule has 7 nitrogen and oxygen atoms in total. The fraction of sp³-hybridized carbons (Fsp3) is 0.647. The molecule has 0 bridgehead atoms. The van der Waals surface area contributed by atoms with E-state index in [9.17, 15) is 18.0 Å². The van der Waals surface area contributed by atoms with E-state index in [4.69, 9.17) is 9.90 Å². The van der Waals surface area contributed by atoms with E-state index in [2.05, 4.69) is 28.7 Å². The maximum Gasteiger partial charge on any atom is 0.490 e. The van der Waals surface area contributed by atoms with Gasteiger partial charge in [-0.05, 0) is 38.8 Å². The average molecular weight is 388 g/mol. The number of aliphatic carboxylic acids is 1. The molecule has 2 aliphatic heterocycles. The minimum absolute atomic E-state index is 0.180. The maximum atomic E-state index is 12.6. The Labute approximate surface area is 155 Å². The van der Waals surface area contributed by atoms with Gasteiger partial charge < -0.3 is 5.11 Å². The lowest BCUT2D eigenvalue weighted by molar-refractivity contribution is -0.192. The number of carbonyl (C=O) groups excluding carboxylic acids is 1. The lowest BCUT2D eigenvalue weighted by atomic mass is 9.72. The molecule has 2 unspecified atom stereocenters.